The van der Waals surface area contributed by atoms with Gasteiger partial charge in [0.15, 0.2) is 5.13 Å². The topological polar surface area (TPSA) is 54.5 Å². The smallest absolute Gasteiger partial charge is 0.244 e. The highest BCUT2D eigenvalue weighted by molar-refractivity contribution is 7.22. The summed E-state index contributed by atoms with van der Waals surface area (Å²) in [5.74, 6) is -0.251. The van der Waals surface area contributed by atoms with E-state index in [1.54, 1.807) is 11.0 Å². The quantitative estimate of drug-likeness (QED) is 0.943. The maximum atomic E-state index is 13.2. The molecule has 2 heterocycles. The molecular formula is C14H16FN3O2S. The zero-order valence-corrected chi connectivity index (χ0v) is 12.5. The Balaban J connectivity index is 1.70. The van der Waals surface area contributed by atoms with Crippen molar-refractivity contribution in [1.29, 1.82) is 0 Å². The highest BCUT2D eigenvalue weighted by atomic mass is 32.1. The molecule has 1 aliphatic heterocycles. The molecule has 5 nitrogen and oxygen atoms in total. The fourth-order valence-corrected chi connectivity index (χ4v) is 3.24. The number of benzene rings is 1. The van der Waals surface area contributed by atoms with Gasteiger partial charge in [0.05, 0.1) is 23.4 Å². The number of morpholine rings is 1. The molecule has 0 radical (unpaired) electrons. The van der Waals surface area contributed by atoms with E-state index in [-0.39, 0.29) is 17.8 Å². The summed E-state index contributed by atoms with van der Waals surface area (Å²) in [6.45, 7) is 4.22. The molecule has 7 heteroatoms. The standard InChI is InChI=1S/C14H16FN3O2S/c1-9(13(19)18-4-6-20-7-5-18)16-14-17-11-3-2-10(15)8-12(11)21-14/h2-3,8-9H,4-7H2,1H3,(H,16,17). The molecule has 112 valence electrons. The van der Waals surface area contributed by atoms with Gasteiger partial charge in [0.25, 0.3) is 0 Å². The Morgan fingerprint density at radius 3 is 3.00 bits per heavy atom. The molecule has 1 atom stereocenters. The number of ether oxygens (including phenoxy) is 1. The average Bonchev–Trinajstić information content (AvgIpc) is 2.88. The van der Waals surface area contributed by atoms with Gasteiger partial charge in [0.1, 0.15) is 11.9 Å². The third kappa shape index (κ3) is 3.14. The molecule has 1 amide bonds. The number of fused-ring (bicyclic) bond motifs is 1. The van der Waals surface area contributed by atoms with E-state index in [1.165, 1.54) is 23.5 Å². The lowest BCUT2D eigenvalue weighted by Gasteiger charge is -2.29. The summed E-state index contributed by atoms with van der Waals surface area (Å²) < 4.78 is 19.2. The van der Waals surface area contributed by atoms with E-state index in [9.17, 15) is 9.18 Å². The lowest BCUT2D eigenvalue weighted by molar-refractivity contribution is -0.135. The van der Waals surface area contributed by atoms with Gasteiger partial charge >= 0.3 is 0 Å². The summed E-state index contributed by atoms with van der Waals surface area (Å²) in [6, 6.07) is 4.11. The summed E-state index contributed by atoms with van der Waals surface area (Å²) in [6.07, 6.45) is 0. The van der Waals surface area contributed by atoms with Crippen molar-refractivity contribution in [3.63, 3.8) is 0 Å². The number of amides is 1. The van der Waals surface area contributed by atoms with Crippen LogP contribution < -0.4 is 5.32 Å². The number of carbonyl (C=O) groups excluding carboxylic acids is 1. The summed E-state index contributed by atoms with van der Waals surface area (Å²) >= 11 is 1.35. The minimum Gasteiger partial charge on any atom is -0.378 e. The first-order valence-corrected chi connectivity index (χ1v) is 7.64. The highest BCUT2D eigenvalue weighted by Crippen LogP contribution is 2.27. The molecule has 21 heavy (non-hydrogen) atoms. The lowest BCUT2D eigenvalue weighted by Crippen LogP contribution is -2.46. The van der Waals surface area contributed by atoms with Crippen LogP contribution in [-0.2, 0) is 9.53 Å². The van der Waals surface area contributed by atoms with Crippen LogP contribution in [0.5, 0.6) is 0 Å². The SMILES string of the molecule is CC(Nc1nc2ccc(F)cc2s1)C(=O)N1CCOCC1. The largest absolute Gasteiger partial charge is 0.378 e. The van der Waals surface area contributed by atoms with Crippen molar-refractivity contribution in [2.75, 3.05) is 31.6 Å². The average molecular weight is 309 g/mol. The molecule has 1 unspecified atom stereocenters. The van der Waals surface area contributed by atoms with Crippen LogP contribution in [0.1, 0.15) is 6.92 Å². The third-order valence-electron chi connectivity index (χ3n) is 3.38. The van der Waals surface area contributed by atoms with Crippen LogP contribution in [0.15, 0.2) is 18.2 Å². The molecule has 2 aromatic rings. The van der Waals surface area contributed by atoms with Crippen molar-refractivity contribution in [2.24, 2.45) is 0 Å². The number of carbonyl (C=O) groups is 1. The number of nitrogens with one attached hydrogen (secondary N) is 1. The molecule has 1 N–H and O–H groups in total. The molecule has 0 spiro atoms. The Bertz CT molecular complexity index is 655. The summed E-state index contributed by atoms with van der Waals surface area (Å²) in [4.78, 5) is 18.4. The number of thiazole rings is 1. The zero-order valence-electron chi connectivity index (χ0n) is 11.6. The molecule has 1 aliphatic rings. The molecule has 0 saturated carbocycles. The van der Waals surface area contributed by atoms with Gasteiger partial charge < -0.3 is 15.0 Å². The van der Waals surface area contributed by atoms with Crippen LogP contribution >= 0.6 is 11.3 Å². The predicted molar refractivity (Wildman–Crippen MR) is 80.1 cm³/mol. The van der Waals surface area contributed by atoms with E-state index < -0.39 is 0 Å². The molecule has 1 aromatic carbocycles. The van der Waals surface area contributed by atoms with Crippen molar-refractivity contribution >= 4 is 32.6 Å². The van der Waals surface area contributed by atoms with Crippen molar-refractivity contribution in [3.05, 3.63) is 24.0 Å². The van der Waals surface area contributed by atoms with Gasteiger partial charge in [0, 0.05) is 13.1 Å². The lowest BCUT2D eigenvalue weighted by atomic mass is 10.2. The fourth-order valence-electron chi connectivity index (χ4n) is 2.26. The van der Waals surface area contributed by atoms with E-state index >= 15 is 0 Å². The minimum atomic E-state index is -0.367. The zero-order chi connectivity index (χ0) is 14.8. The van der Waals surface area contributed by atoms with Crippen LogP contribution in [0.4, 0.5) is 9.52 Å². The molecular weight excluding hydrogens is 293 g/mol. The number of nitrogens with zero attached hydrogens (tertiary/aromatic N) is 2. The van der Waals surface area contributed by atoms with Gasteiger partial charge in [-0.1, -0.05) is 11.3 Å². The van der Waals surface area contributed by atoms with Crippen molar-refractivity contribution < 1.29 is 13.9 Å². The molecule has 0 bridgehead atoms. The van der Waals surface area contributed by atoms with Gasteiger partial charge in [-0.15, -0.1) is 0 Å². The predicted octanol–water partition coefficient (Wildman–Crippen LogP) is 2.09. The van der Waals surface area contributed by atoms with E-state index in [4.69, 9.17) is 4.74 Å². The summed E-state index contributed by atoms with van der Waals surface area (Å²) in [7, 11) is 0. The van der Waals surface area contributed by atoms with E-state index in [1.807, 2.05) is 6.92 Å². The second kappa shape index (κ2) is 5.95. The Labute approximate surface area is 125 Å². The van der Waals surface area contributed by atoms with E-state index in [2.05, 4.69) is 10.3 Å². The summed E-state index contributed by atoms with van der Waals surface area (Å²) in [5.41, 5.74) is 0.731. The van der Waals surface area contributed by atoms with Crippen LogP contribution in [0.2, 0.25) is 0 Å². The van der Waals surface area contributed by atoms with Gasteiger partial charge in [-0.25, -0.2) is 9.37 Å². The first-order valence-electron chi connectivity index (χ1n) is 6.82. The first kappa shape index (κ1) is 14.2. The minimum absolute atomic E-state index is 0.0312. The highest BCUT2D eigenvalue weighted by Gasteiger charge is 2.23. The van der Waals surface area contributed by atoms with Gasteiger partial charge in [-0.3, -0.25) is 4.79 Å². The Kier molecular flexibility index (Phi) is 4.03. The molecule has 1 aromatic heterocycles. The maximum Gasteiger partial charge on any atom is 0.244 e. The summed E-state index contributed by atoms with van der Waals surface area (Å²) in [5, 5.41) is 3.73. The molecule has 3 rings (SSSR count). The van der Waals surface area contributed by atoms with Gasteiger partial charge in [-0.2, -0.15) is 0 Å². The van der Waals surface area contributed by atoms with Crippen LogP contribution in [0.3, 0.4) is 0 Å². The normalized spacial score (nSPS) is 17.0. The Morgan fingerprint density at radius 1 is 1.48 bits per heavy atom. The van der Waals surface area contributed by atoms with Crippen molar-refractivity contribution in [1.82, 2.24) is 9.88 Å². The van der Waals surface area contributed by atoms with Crippen molar-refractivity contribution in [2.45, 2.75) is 13.0 Å². The number of hydrogen-bond acceptors (Lipinski definition) is 5. The first-order chi connectivity index (χ1) is 10.1. The Morgan fingerprint density at radius 2 is 2.24 bits per heavy atom. The number of halogens is 1. The second-order valence-corrected chi connectivity index (χ2v) is 5.97. The molecule has 1 fully saturated rings. The maximum absolute atomic E-state index is 13.2. The van der Waals surface area contributed by atoms with E-state index in [0.717, 1.165) is 10.2 Å². The fraction of sp³-hybridized carbons (Fsp3) is 0.429. The second-order valence-electron chi connectivity index (χ2n) is 4.93. The number of hydrogen-bond donors (Lipinski definition) is 1. The van der Waals surface area contributed by atoms with Crippen LogP contribution in [0.25, 0.3) is 10.2 Å². The molecule has 0 aliphatic carbocycles. The third-order valence-corrected chi connectivity index (χ3v) is 4.33. The van der Waals surface area contributed by atoms with Gasteiger partial charge in [0.2, 0.25) is 5.91 Å². The monoisotopic (exact) mass is 309 g/mol. The van der Waals surface area contributed by atoms with Gasteiger partial charge in [-0.05, 0) is 25.1 Å². The number of rotatable bonds is 3. The van der Waals surface area contributed by atoms with Crippen LogP contribution in [-0.4, -0.2) is 48.1 Å². The van der Waals surface area contributed by atoms with Crippen LogP contribution in [0, 0.1) is 5.82 Å². The van der Waals surface area contributed by atoms with Crippen molar-refractivity contribution in [3.8, 4) is 0 Å². The molecule has 1 saturated heterocycles. The Hall–Kier alpha value is -1.73. The number of anilines is 1. The van der Waals surface area contributed by atoms with E-state index in [0.29, 0.717) is 31.4 Å². The number of aromatic nitrogens is 1.